The number of carbonyl (C=O) groups excluding carboxylic acids is 2. The normalized spacial score (nSPS) is 10.7. The van der Waals surface area contributed by atoms with E-state index >= 15 is 0 Å². The zero-order valence-electron chi connectivity index (χ0n) is 14.3. The molecule has 0 aliphatic carbocycles. The van der Waals surface area contributed by atoms with Crippen molar-refractivity contribution < 1.29 is 9.59 Å². The van der Waals surface area contributed by atoms with Crippen LogP contribution < -0.4 is 10.9 Å². The Hall–Kier alpha value is -3.87. The molecule has 0 unspecified atom stereocenters. The molecule has 2 aromatic carbocycles. The molecule has 7 heteroatoms. The molecule has 0 bridgehead atoms. The fraction of sp³-hybridized carbons (Fsp3) is 0.0500. The number of carbonyl (C=O) groups is 2. The van der Waals surface area contributed by atoms with E-state index in [9.17, 15) is 9.59 Å². The number of benzene rings is 2. The number of hydrogen-bond acceptors (Lipinski definition) is 3. The first-order chi connectivity index (χ1) is 13.2. The van der Waals surface area contributed by atoms with E-state index in [-0.39, 0.29) is 12.3 Å². The number of aromatic amines is 1. The van der Waals surface area contributed by atoms with Gasteiger partial charge in [0.1, 0.15) is 0 Å². The highest BCUT2D eigenvalue weighted by Crippen LogP contribution is 2.17. The maximum Gasteiger partial charge on any atom is 0.272 e. The molecule has 0 aliphatic heterocycles. The first-order valence-electron chi connectivity index (χ1n) is 8.45. The second-order valence-corrected chi connectivity index (χ2v) is 6.05. The third kappa shape index (κ3) is 3.57. The minimum atomic E-state index is -0.426. The van der Waals surface area contributed by atoms with Crippen LogP contribution in [0, 0.1) is 0 Å². The van der Waals surface area contributed by atoms with Gasteiger partial charge >= 0.3 is 0 Å². The van der Waals surface area contributed by atoms with Gasteiger partial charge in [0, 0.05) is 23.3 Å². The third-order valence-corrected chi connectivity index (χ3v) is 4.21. The van der Waals surface area contributed by atoms with E-state index < -0.39 is 5.91 Å². The number of hydrazine groups is 1. The molecule has 4 rings (SSSR count). The van der Waals surface area contributed by atoms with Crippen molar-refractivity contribution in [3.05, 3.63) is 84.3 Å². The molecule has 27 heavy (non-hydrogen) atoms. The monoisotopic (exact) mass is 359 g/mol. The zero-order chi connectivity index (χ0) is 18.6. The summed E-state index contributed by atoms with van der Waals surface area (Å²) in [5.74, 6) is -0.729. The van der Waals surface area contributed by atoms with Crippen LogP contribution in [0.5, 0.6) is 0 Å². The molecule has 2 amide bonds. The van der Waals surface area contributed by atoms with Crippen molar-refractivity contribution in [1.82, 2.24) is 25.6 Å². The summed E-state index contributed by atoms with van der Waals surface area (Å²) in [5, 5.41) is 5.16. The number of para-hydroxylation sites is 2. The maximum absolute atomic E-state index is 12.2. The summed E-state index contributed by atoms with van der Waals surface area (Å²) < 4.78 is 1.60. The number of hydrogen-bond donors (Lipinski definition) is 3. The molecule has 4 aromatic rings. The summed E-state index contributed by atoms with van der Waals surface area (Å²) in [6.45, 7) is 0. The van der Waals surface area contributed by atoms with Crippen LogP contribution in [0.1, 0.15) is 15.9 Å². The lowest BCUT2D eigenvalue weighted by Gasteiger charge is -2.06. The summed E-state index contributed by atoms with van der Waals surface area (Å²) in [7, 11) is 0. The van der Waals surface area contributed by atoms with Gasteiger partial charge < -0.3 is 4.98 Å². The number of H-pyrrole nitrogens is 1. The minimum Gasteiger partial charge on any atom is -0.361 e. The van der Waals surface area contributed by atoms with Gasteiger partial charge in [0.05, 0.1) is 23.9 Å². The number of nitrogens with zero attached hydrogens (tertiary/aromatic N) is 2. The molecule has 0 aliphatic rings. The number of nitrogens with one attached hydrogen (secondary N) is 3. The van der Waals surface area contributed by atoms with Crippen LogP contribution in [0.15, 0.2) is 73.2 Å². The van der Waals surface area contributed by atoms with Gasteiger partial charge in [-0.25, -0.2) is 4.68 Å². The zero-order valence-corrected chi connectivity index (χ0v) is 14.3. The highest BCUT2D eigenvalue weighted by Gasteiger charge is 2.12. The molecule has 2 aromatic heterocycles. The van der Waals surface area contributed by atoms with Crippen LogP contribution in [0.3, 0.4) is 0 Å². The van der Waals surface area contributed by atoms with E-state index in [0.717, 1.165) is 22.2 Å². The van der Waals surface area contributed by atoms with Crippen LogP contribution in [-0.2, 0) is 11.2 Å². The molecule has 134 valence electrons. The Kier molecular flexibility index (Phi) is 4.40. The SMILES string of the molecule is O=C(Cc1c[nH]c2ccccc12)NNC(=O)c1cnn(-c2ccccc2)c1. The second kappa shape index (κ2) is 7.17. The third-order valence-electron chi connectivity index (χ3n) is 4.21. The van der Waals surface area contributed by atoms with Crippen molar-refractivity contribution in [2.45, 2.75) is 6.42 Å². The molecule has 2 heterocycles. The predicted molar refractivity (Wildman–Crippen MR) is 101 cm³/mol. The Morgan fingerprint density at radius 1 is 1.00 bits per heavy atom. The second-order valence-electron chi connectivity index (χ2n) is 6.05. The van der Waals surface area contributed by atoms with Crippen molar-refractivity contribution in [3.63, 3.8) is 0 Å². The Morgan fingerprint density at radius 2 is 1.78 bits per heavy atom. The van der Waals surface area contributed by atoms with Gasteiger partial charge in [0.2, 0.25) is 5.91 Å². The molecular weight excluding hydrogens is 342 g/mol. The highest BCUT2D eigenvalue weighted by atomic mass is 16.2. The van der Waals surface area contributed by atoms with Crippen LogP contribution >= 0.6 is 0 Å². The van der Waals surface area contributed by atoms with Crippen LogP contribution in [-0.4, -0.2) is 26.6 Å². The van der Waals surface area contributed by atoms with Crippen molar-refractivity contribution in [2.24, 2.45) is 0 Å². The quantitative estimate of drug-likeness (QED) is 0.489. The summed E-state index contributed by atoms with van der Waals surface area (Å²) in [6, 6.07) is 17.2. The Morgan fingerprint density at radius 3 is 2.63 bits per heavy atom. The van der Waals surface area contributed by atoms with Gasteiger partial charge in [-0.15, -0.1) is 0 Å². The van der Waals surface area contributed by atoms with Crippen molar-refractivity contribution in [3.8, 4) is 5.69 Å². The number of rotatable bonds is 4. The van der Waals surface area contributed by atoms with Crippen molar-refractivity contribution >= 4 is 22.7 Å². The van der Waals surface area contributed by atoms with Crippen LogP contribution in [0.2, 0.25) is 0 Å². The lowest BCUT2D eigenvalue weighted by atomic mass is 10.1. The Labute approximate surface area is 155 Å². The molecule has 0 spiro atoms. The fourth-order valence-corrected chi connectivity index (χ4v) is 2.86. The number of amides is 2. The molecule has 0 fully saturated rings. The lowest BCUT2D eigenvalue weighted by Crippen LogP contribution is -2.42. The van der Waals surface area contributed by atoms with Crippen molar-refractivity contribution in [1.29, 1.82) is 0 Å². The summed E-state index contributed by atoms with van der Waals surface area (Å²) in [4.78, 5) is 27.5. The van der Waals surface area contributed by atoms with Gasteiger partial charge in [-0.2, -0.15) is 5.10 Å². The summed E-state index contributed by atoms with van der Waals surface area (Å²) in [6.07, 6.45) is 5.02. The van der Waals surface area contributed by atoms with Crippen molar-refractivity contribution in [2.75, 3.05) is 0 Å². The van der Waals surface area contributed by atoms with E-state index in [1.807, 2.05) is 54.6 Å². The summed E-state index contributed by atoms with van der Waals surface area (Å²) in [5.41, 5.74) is 7.91. The van der Waals surface area contributed by atoms with E-state index in [0.29, 0.717) is 5.56 Å². The standard InChI is InChI=1S/C20H17N5O2/c26-19(10-14-11-21-18-9-5-4-8-17(14)18)23-24-20(27)15-12-22-25(13-15)16-6-2-1-3-7-16/h1-9,11-13,21H,10H2,(H,23,26)(H,24,27). The van der Waals surface area contributed by atoms with Gasteiger partial charge in [0.25, 0.3) is 5.91 Å². The number of aromatic nitrogens is 3. The maximum atomic E-state index is 12.2. The van der Waals surface area contributed by atoms with Gasteiger partial charge in [0.15, 0.2) is 0 Å². The predicted octanol–water partition coefficient (Wildman–Crippen LogP) is 2.36. The minimum absolute atomic E-state index is 0.160. The Balaban J connectivity index is 1.36. The van der Waals surface area contributed by atoms with E-state index in [4.69, 9.17) is 0 Å². The molecular formula is C20H17N5O2. The highest BCUT2D eigenvalue weighted by molar-refractivity contribution is 5.95. The topological polar surface area (TPSA) is 91.8 Å². The molecule has 0 saturated carbocycles. The summed E-state index contributed by atoms with van der Waals surface area (Å²) >= 11 is 0. The first kappa shape index (κ1) is 16.6. The van der Waals surface area contributed by atoms with E-state index in [2.05, 4.69) is 20.9 Å². The van der Waals surface area contributed by atoms with Gasteiger partial charge in [-0.3, -0.25) is 20.4 Å². The van der Waals surface area contributed by atoms with E-state index in [1.54, 1.807) is 17.1 Å². The molecule has 0 radical (unpaired) electrons. The average molecular weight is 359 g/mol. The van der Waals surface area contributed by atoms with Crippen LogP contribution in [0.25, 0.3) is 16.6 Å². The molecule has 7 nitrogen and oxygen atoms in total. The smallest absolute Gasteiger partial charge is 0.272 e. The molecule has 3 N–H and O–H groups in total. The van der Waals surface area contributed by atoms with Gasteiger partial charge in [-0.05, 0) is 23.8 Å². The Bertz CT molecular complexity index is 1100. The molecule has 0 saturated heterocycles. The van der Waals surface area contributed by atoms with Crippen LogP contribution in [0.4, 0.5) is 0 Å². The average Bonchev–Trinajstić information content (AvgIpc) is 3.35. The first-order valence-corrected chi connectivity index (χ1v) is 8.45. The largest absolute Gasteiger partial charge is 0.361 e. The lowest BCUT2D eigenvalue weighted by molar-refractivity contribution is -0.121. The number of fused-ring (bicyclic) bond motifs is 1. The fourth-order valence-electron chi connectivity index (χ4n) is 2.86. The van der Waals surface area contributed by atoms with Gasteiger partial charge in [-0.1, -0.05) is 36.4 Å². The van der Waals surface area contributed by atoms with E-state index in [1.165, 1.54) is 6.20 Å². The molecule has 0 atom stereocenters.